The van der Waals surface area contributed by atoms with Crippen LogP contribution in [0.1, 0.15) is 32.7 Å². The minimum Gasteiger partial charge on any atom is -0.391 e. The third-order valence-electron chi connectivity index (χ3n) is 3.88. The van der Waals surface area contributed by atoms with Crippen LogP contribution in [0.5, 0.6) is 0 Å². The number of nitrogens with zero attached hydrogens (tertiary/aromatic N) is 1. The van der Waals surface area contributed by atoms with Crippen molar-refractivity contribution in [3.05, 3.63) is 71.3 Å². The largest absolute Gasteiger partial charge is 0.391 e. The van der Waals surface area contributed by atoms with E-state index in [0.717, 1.165) is 10.5 Å². The van der Waals surface area contributed by atoms with Crippen LogP contribution in [0, 0.1) is 0 Å². The van der Waals surface area contributed by atoms with Crippen molar-refractivity contribution in [2.45, 2.75) is 18.9 Å². The standard InChI is InChI=1S/C18H17NO3/c20-14(11-10-13-6-2-1-3-7-13)12-19-17(21)15-8-4-5-9-16(15)18(19)22/h1-9,14,20H,10-12H2/t14-/m1/s1. The molecule has 22 heavy (non-hydrogen) atoms. The second-order valence-corrected chi connectivity index (χ2v) is 5.44. The molecular formula is C18H17NO3. The number of rotatable bonds is 5. The Kier molecular flexibility index (Phi) is 4.02. The maximum Gasteiger partial charge on any atom is 0.261 e. The highest BCUT2D eigenvalue weighted by Gasteiger charge is 2.35. The van der Waals surface area contributed by atoms with Crippen LogP contribution < -0.4 is 0 Å². The minimum absolute atomic E-state index is 0.0409. The predicted octanol–water partition coefficient (Wildman–Crippen LogP) is 2.28. The summed E-state index contributed by atoms with van der Waals surface area (Å²) in [5, 5.41) is 10.1. The second-order valence-electron chi connectivity index (χ2n) is 5.44. The SMILES string of the molecule is O=C1c2ccccc2C(=O)N1C[C@H](O)CCc1ccccc1. The maximum atomic E-state index is 12.2. The Morgan fingerprint density at radius 2 is 1.41 bits per heavy atom. The molecule has 0 radical (unpaired) electrons. The van der Waals surface area contributed by atoms with E-state index < -0.39 is 6.10 Å². The maximum absolute atomic E-state index is 12.2. The third-order valence-corrected chi connectivity index (χ3v) is 3.88. The van der Waals surface area contributed by atoms with E-state index in [1.54, 1.807) is 24.3 Å². The Hall–Kier alpha value is -2.46. The van der Waals surface area contributed by atoms with E-state index >= 15 is 0 Å². The highest BCUT2D eigenvalue weighted by Crippen LogP contribution is 2.22. The molecule has 0 spiro atoms. The zero-order chi connectivity index (χ0) is 15.5. The molecular weight excluding hydrogens is 278 g/mol. The minimum atomic E-state index is -0.720. The monoisotopic (exact) mass is 295 g/mol. The zero-order valence-electron chi connectivity index (χ0n) is 12.1. The molecule has 4 nitrogen and oxygen atoms in total. The summed E-state index contributed by atoms with van der Waals surface area (Å²) in [5.41, 5.74) is 1.97. The number of carbonyl (C=O) groups excluding carboxylic acids is 2. The van der Waals surface area contributed by atoms with Gasteiger partial charge in [0.2, 0.25) is 0 Å². The van der Waals surface area contributed by atoms with Crippen molar-refractivity contribution in [2.24, 2.45) is 0 Å². The van der Waals surface area contributed by atoms with E-state index in [9.17, 15) is 14.7 Å². The Balaban J connectivity index is 1.62. The van der Waals surface area contributed by atoms with Gasteiger partial charge < -0.3 is 5.11 Å². The molecule has 1 atom stereocenters. The lowest BCUT2D eigenvalue weighted by molar-refractivity contribution is 0.0534. The van der Waals surface area contributed by atoms with Gasteiger partial charge in [0.25, 0.3) is 11.8 Å². The van der Waals surface area contributed by atoms with Crippen molar-refractivity contribution >= 4 is 11.8 Å². The molecule has 1 aliphatic rings. The normalized spacial score (nSPS) is 15.0. The van der Waals surface area contributed by atoms with Gasteiger partial charge >= 0.3 is 0 Å². The Bertz CT molecular complexity index is 661. The fourth-order valence-electron chi connectivity index (χ4n) is 2.68. The van der Waals surface area contributed by atoms with Gasteiger partial charge in [0.05, 0.1) is 23.8 Å². The summed E-state index contributed by atoms with van der Waals surface area (Å²) in [6.45, 7) is 0.0409. The molecule has 0 saturated heterocycles. The van der Waals surface area contributed by atoms with E-state index in [1.165, 1.54) is 0 Å². The molecule has 4 heteroatoms. The fourth-order valence-corrected chi connectivity index (χ4v) is 2.68. The van der Waals surface area contributed by atoms with Crippen molar-refractivity contribution in [1.29, 1.82) is 0 Å². The molecule has 3 rings (SSSR count). The first-order valence-corrected chi connectivity index (χ1v) is 7.34. The van der Waals surface area contributed by atoms with Crippen molar-refractivity contribution in [1.82, 2.24) is 4.90 Å². The summed E-state index contributed by atoms with van der Waals surface area (Å²) in [6, 6.07) is 16.6. The average Bonchev–Trinajstić information content (AvgIpc) is 2.79. The number of amides is 2. The lowest BCUT2D eigenvalue weighted by atomic mass is 10.1. The molecule has 1 N–H and O–H groups in total. The van der Waals surface area contributed by atoms with Gasteiger partial charge in [-0.25, -0.2) is 0 Å². The number of β-amino-alcohol motifs (C(OH)–C–C–N with tert-alkyl or cyclic N) is 1. The Labute approximate surface area is 129 Å². The summed E-state index contributed by atoms with van der Waals surface area (Å²) in [7, 11) is 0. The Morgan fingerprint density at radius 3 is 2.00 bits per heavy atom. The molecule has 2 aromatic rings. The van der Waals surface area contributed by atoms with Crippen LogP contribution >= 0.6 is 0 Å². The first-order valence-electron chi connectivity index (χ1n) is 7.34. The van der Waals surface area contributed by atoms with E-state index in [-0.39, 0.29) is 18.4 Å². The average molecular weight is 295 g/mol. The van der Waals surface area contributed by atoms with E-state index in [4.69, 9.17) is 0 Å². The van der Waals surface area contributed by atoms with Crippen molar-refractivity contribution in [2.75, 3.05) is 6.54 Å². The first kappa shape index (κ1) is 14.5. The molecule has 1 heterocycles. The number of aliphatic hydroxyl groups excluding tert-OH is 1. The third kappa shape index (κ3) is 2.78. The van der Waals surface area contributed by atoms with Gasteiger partial charge in [-0.3, -0.25) is 14.5 Å². The fraction of sp³-hybridized carbons (Fsp3) is 0.222. The second kappa shape index (κ2) is 6.12. The van der Waals surface area contributed by atoms with Crippen LogP contribution in [0.15, 0.2) is 54.6 Å². The highest BCUT2D eigenvalue weighted by molar-refractivity contribution is 6.21. The van der Waals surface area contributed by atoms with Crippen LogP contribution in [-0.2, 0) is 6.42 Å². The number of hydrogen-bond acceptors (Lipinski definition) is 3. The first-order chi connectivity index (χ1) is 10.7. The summed E-state index contributed by atoms with van der Waals surface area (Å²) < 4.78 is 0. The molecule has 112 valence electrons. The van der Waals surface area contributed by atoms with Crippen LogP contribution in [0.25, 0.3) is 0 Å². The molecule has 0 saturated carbocycles. The topological polar surface area (TPSA) is 57.6 Å². The number of fused-ring (bicyclic) bond motifs is 1. The number of imide groups is 1. The molecule has 2 amide bonds. The molecule has 0 fully saturated rings. The van der Waals surface area contributed by atoms with Crippen molar-refractivity contribution in [3.63, 3.8) is 0 Å². The summed E-state index contributed by atoms with van der Waals surface area (Å²) in [4.78, 5) is 25.6. The van der Waals surface area contributed by atoms with Gasteiger partial charge in [0, 0.05) is 0 Å². The molecule has 1 aliphatic heterocycles. The smallest absolute Gasteiger partial charge is 0.261 e. The summed E-state index contributed by atoms with van der Waals surface area (Å²) in [6.07, 6.45) is 0.505. The van der Waals surface area contributed by atoms with Gasteiger partial charge in [0.15, 0.2) is 0 Å². The lowest BCUT2D eigenvalue weighted by Crippen LogP contribution is -2.37. The van der Waals surface area contributed by atoms with Crippen molar-refractivity contribution < 1.29 is 14.7 Å². The van der Waals surface area contributed by atoms with E-state index in [1.807, 2.05) is 30.3 Å². The molecule has 2 aromatic carbocycles. The van der Waals surface area contributed by atoms with Crippen LogP contribution in [0.4, 0.5) is 0 Å². The van der Waals surface area contributed by atoms with Crippen molar-refractivity contribution in [3.8, 4) is 0 Å². The lowest BCUT2D eigenvalue weighted by Gasteiger charge is -2.18. The van der Waals surface area contributed by atoms with Gasteiger partial charge in [-0.2, -0.15) is 0 Å². The van der Waals surface area contributed by atoms with Gasteiger partial charge in [-0.05, 0) is 30.5 Å². The highest BCUT2D eigenvalue weighted by atomic mass is 16.3. The Morgan fingerprint density at radius 1 is 0.864 bits per heavy atom. The van der Waals surface area contributed by atoms with Crippen LogP contribution in [0.2, 0.25) is 0 Å². The predicted molar refractivity (Wildman–Crippen MR) is 82.6 cm³/mol. The molecule has 0 aromatic heterocycles. The molecule has 0 unspecified atom stereocenters. The van der Waals surface area contributed by atoms with Gasteiger partial charge in [0.1, 0.15) is 0 Å². The zero-order valence-corrected chi connectivity index (χ0v) is 12.1. The van der Waals surface area contributed by atoms with Gasteiger partial charge in [-0.15, -0.1) is 0 Å². The van der Waals surface area contributed by atoms with E-state index in [0.29, 0.717) is 24.0 Å². The molecule has 0 bridgehead atoms. The number of benzene rings is 2. The summed E-state index contributed by atoms with van der Waals surface area (Å²) in [5.74, 6) is -0.640. The van der Waals surface area contributed by atoms with Gasteiger partial charge in [-0.1, -0.05) is 42.5 Å². The number of hydrogen-bond donors (Lipinski definition) is 1. The van der Waals surface area contributed by atoms with E-state index in [2.05, 4.69) is 0 Å². The number of carbonyl (C=O) groups is 2. The quantitative estimate of drug-likeness (QED) is 0.861. The molecule has 0 aliphatic carbocycles. The summed E-state index contributed by atoms with van der Waals surface area (Å²) >= 11 is 0. The van der Waals surface area contributed by atoms with Crippen LogP contribution in [-0.4, -0.2) is 34.5 Å². The van der Waals surface area contributed by atoms with Crippen LogP contribution in [0.3, 0.4) is 0 Å². The number of aryl methyl sites for hydroxylation is 1. The number of aliphatic hydroxyl groups is 1.